The molecule has 2 rings (SSSR count). The van der Waals surface area contributed by atoms with Crippen LogP contribution < -0.4 is 0 Å². The Morgan fingerprint density at radius 1 is 0.900 bits per heavy atom. The van der Waals surface area contributed by atoms with E-state index in [4.69, 9.17) is 11.6 Å². The van der Waals surface area contributed by atoms with Gasteiger partial charge in [-0.25, -0.2) is 0 Å². The van der Waals surface area contributed by atoms with Crippen molar-refractivity contribution >= 4 is 17.4 Å². The average Bonchev–Trinajstić information content (AvgIpc) is 2.77. The molecular formula is C27H44ClNO. The first-order chi connectivity index (χ1) is 14.7. The van der Waals surface area contributed by atoms with Crippen molar-refractivity contribution in [3.05, 3.63) is 34.3 Å². The van der Waals surface area contributed by atoms with E-state index < -0.39 is 0 Å². The Morgan fingerprint density at radius 3 is 2.10 bits per heavy atom. The number of nitrogens with zero attached hydrogens (tertiary/aromatic N) is 1. The molecule has 0 N–H and O–H groups in total. The second kappa shape index (κ2) is 15.0. The van der Waals surface area contributed by atoms with E-state index in [1.165, 1.54) is 89.0 Å². The van der Waals surface area contributed by atoms with Crippen LogP contribution in [-0.2, 0) is 0 Å². The van der Waals surface area contributed by atoms with Gasteiger partial charge in [-0.2, -0.15) is 0 Å². The lowest BCUT2D eigenvalue weighted by molar-refractivity contribution is 0.0963. The molecule has 1 aliphatic carbocycles. The van der Waals surface area contributed by atoms with Gasteiger partial charge in [0, 0.05) is 23.6 Å². The highest BCUT2D eigenvalue weighted by molar-refractivity contribution is 6.31. The number of hydrogen-bond acceptors (Lipinski definition) is 2. The maximum absolute atomic E-state index is 12.9. The third kappa shape index (κ3) is 9.10. The molecule has 0 bridgehead atoms. The highest BCUT2D eigenvalue weighted by atomic mass is 35.5. The Hall–Kier alpha value is -0.860. The fourth-order valence-corrected chi connectivity index (χ4v) is 5.04. The number of ketones is 1. The number of carbonyl (C=O) groups is 1. The fourth-order valence-electron chi connectivity index (χ4n) is 4.71. The van der Waals surface area contributed by atoms with Crippen molar-refractivity contribution in [3.63, 3.8) is 0 Å². The van der Waals surface area contributed by atoms with E-state index >= 15 is 0 Å². The van der Waals surface area contributed by atoms with Crippen LogP contribution >= 0.6 is 11.6 Å². The SMILES string of the molecule is CCCCCCN(CCCCCC)CCC(=O)c1ccc(C2CCCCC2)c(Cl)c1. The maximum atomic E-state index is 12.9. The van der Waals surface area contributed by atoms with Gasteiger partial charge >= 0.3 is 0 Å². The van der Waals surface area contributed by atoms with Crippen LogP contribution in [0.15, 0.2) is 18.2 Å². The predicted octanol–water partition coefficient (Wildman–Crippen LogP) is 8.42. The van der Waals surface area contributed by atoms with Crippen LogP contribution in [-0.4, -0.2) is 30.3 Å². The second-order valence-corrected chi connectivity index (χ2v) is 9.61. The van der Waals surface area contributed by atoms with Gasteiger partial charge < -0.3 is 4.90 Å². The number of benzene rings is 1. The first kappa shape index (κ1) is 25.4. The number of Topliss-reactive ketones (excluding diaryl/α,β-unsaturated/α-hetero) is 1. The highest BCUT2D eigenvalue weighted by Gasteiger charge is 2.19. The van der Waals surface area contributed by atoms with E-state index in [0.29, 0.717) is 12.3 Å². The van der Waals surface area contributed by atoms with Gasteiger partial charge in [-0.05, 0) is 56.3 Å². The summed E-state index contributed by atoms with van der Waals surface area (Å²) in [5.41, 5.74) is 2.04. The van der Waals surface area contributed by atoms with E-state index in [-0.39, 0.29) is 5.78 Å². The molecule has 0 aromatic heterocycles. The summed E-state index contributed by atoms with van der Waals surface area (Å²) in [4.78, 5) is 15.4. The highest BCUT2D eigenvalue weighted by Crippen LogP contribution is 2.36. The summed E-state index contributed by atoms with van der Waals surface area (Å²) >= 11 is 6.60. The van der Waals surface area contributed by atoms with Gasteiger partial charge in [0.25, 0.3) is 0 Å². The van der Waals surface area contributed by atoms with Gasteiger partial charge in [0.05, 0.1) is 0 Å². The van der Waals surface area contributed by atoms with Gasteiger partial charge in [-0.15, -0.1) is 0 Å². The molecule has 0 amide bonds. The van der Waals surface area contributed by atoms with Crippen LogP contribution in [0.5, 0.6) is 0 Å². The smallest absolute Gasteiger partial charge is 0.164 e. The molecular weight excluding hydrogens is 390 g/mol. The van der Waals surface area contributed by atoms with Crippen LogP contribution in [0.3, 0.4) is 0 Å². The van der Waals surface area contributed by atoms with Crippen molar-refractivity contribution in [1.82, 2.24) is 4.90 Å². The molecule has 1 aromatic carbocycles. The number of carbonyl (C=O) groups excluding carboxylic acids is 1. The molecule has 1 aliphatic rings. The molecule has 170 valence electrons. The van der Waals surface area contributed by atoms with E-state index in [1.54, 1.807) is 0 Å². The van der Waals surface area contributed by atoms with Crippen molar-refractivity contribution in [2.75, 3.05) is 19.6 Å². The van der Waals surface area contributed by atoms with E-state index in [0.717, 1.165) is 30.2 Å². The van der Waals surface area contributed by atoms with Crippen molar-refractivity contribution < 1.29 is 4.79 Å². The summed E-state index contributed by atoms with van der Waals surface area (Å²) in [6.07, 6.45) is 17.3. The maximum Gasteiger partial charge on any atom is 0.164 e. The van der Waals surface area contributed by atoms with Crippen molar-refractivity contribution in [3.8, 4) is 0 Å². The standard InChI is InChI=1S/C27H44ClNO/c1-3-5-7-12-19-29(20-13-8-6-4-2)21-18-27(30)24-16-17-25(26(28)22-24)23-14-10-9-11-15-23/h16-17,22-23H,3-15,18-21H2,1-2H3. The Bertz CT molecular complexity index is 597. The number of rotatable bonds is 15. The minimum Gasteiger partial charge on any atom is -0.303 e. The largest absolute Gasteiger partial charge is 0.303 e. The first-order valence-corrected chi connectivity index (χ1v) is 13.1. The first-order valence-electron chi connectivity index (χ1n) is 12.7. The van der Waals surface area contributed by atoms with Gasteiger partial charge in [0.2, 0.25) is 0 Å². The van der Waals surface area contributed by atoms with Crippen LogP contribution in [0.1, 0.15) is 126 Å². The van der Waals surface area contributed by atoms with Crippen LogP contribution in [0.2, 0.25) is 5.02 Å². The molecule has 0 radical (unpaired) electrons. The summed E-state index contributed by atoms with van der Waals surface area (Å²) in [6.45, 7) is 7.64. The molecule has 3 heteroatoms. The summed E-state index contributed by atoms with van der Waals surface area (Å²) in [5, 5.41) is 0.795. The molecule has 0 atom stereocenters. The third-order valence-electron chi connectivity index (χ3n) is 6.68. The minimum absolute atomic E-state index is 0.235. The van der Waals surface area contributed by atoms with E-state index in [9.17, 15) is 4.79 Å². The monoisotopic (exact) mass is 433 g/mol. The molecule has 0 unspecified atom stereocenters. The Kier molecular flexibility index (Phi) is 12.7. The zero-order valence-corrected chi connectivity index (χ0v) is 20.3. The molecule has 2 nitrogen and oxygen atoms in total. The molecule has 0 saturated heterocycles. The van der Waals surface area contributed by atoms with E-state index in [2.05, 4.69) is 24.8 Å². The quantitative estimate of drug-likeness (QED) is 0.204. The fraction of sp³-hybridized carbons (Fsp3) is 0.741. The van der Waals surface area contributed by atoms with Crippen molar-refractivity contribution in [2.45, 2.75) is 110 Å². The molecule has 0 spiro atoms. The van der Waals surface area contributed by atoms with Crippen LogP contribution in [0, 0.1) is 0 Å². The summed E-state index contributed by atoms with van der Waals surface area (Å²) < 4.78 is 0. The zero-order valence-electron chi connectivity index (χ0n) is 19.6. The Balaban J connectivity index is 1.86. The second-order valence-electron chi connectivity index (χ2n) is 9.21. The van der Waals surface area contributed by atoms with Gasteiger partial charge in [-0.3, -0.25) is 4.79 Å². The molecule has 0 heterocycles. The lowest BCUT2D eigenvalue weighted by atomic mass is 9.83. The number of hydrogen-bond donors (Lipinski definition) is 0. The average molecular weight is 434 g/mol. The molecule has 1 saturated carbocycles. The molecule has 1 fully saturated rings. The molecule has 1 aromatic rings. The minimum atomic E-state index is 0.235. The topological polar surface area (TPSA) is 20.3 Å². The molecule has 0 aliphatic heterocycles. The predicted molar refractivity (Wildman–Crippen MR) is 131 cm³/mol. The third-order valence-corrected chi connectivity index (χ3v) is 7.01. The van der Waals surface area contributed by atoms with Crippen LogP contribution in [0.4, 0.5) is 0 Å². The lowest BCUT2D eigenvalue weighted by Gasteiger charge is -2.23. The van der Waals surface area contributed by atoms with Crippen molar-refractivity contribution in [1.29, 1.82) is 0 Å². The summed E-state index contributed by atoms with van der Waals surface area (Å²) in [6, 6.07) is 6.07. The number of halogens is 1. The lowest BCUT2D eigenvalue weighted by Crippen LogP contribution is -2.28. The molecule has 30 heavy (non-hydrogen) atoms. The summed E-state index contributed by atoms with van der Waals surface area (Å²) in [7, 11) is 0. The normalized spacial score (nSPS) is 15.1. The van der Waals surface area contributed by atoms with Gasteiger partial charge in [-0.1, -0.05) is 95.4 Å². The van der Waals surface area contributed by atoms with E-state index in [1.807, 2.05) is 12.1 Å². The number of unbranched alkanes of at least 4 members (excludes halogenated alkanes) is 6. The van der Waals surface area contributed by atoms with Gasteiger partial charge in [0.1, 0.15) is 0 Å². The van der Waals surface area contributed by atoms with Crippen LogP contribution in [0.25, 0.3) is 0 Å². The zero-order chi connectivity index (χ0) is 21.6. The Morgan fingerprint density at radius 2 is 1.53 bits per heavy atom. The summed E-state index contributed by atoms with van der Waals surface area (Å²) in [5.74, 6) is 0.816. The van der Waals surface area contributed by atoms with Crippen molar-refractivity contribution in [2.24, 2.45) is 0 Å². The van der Waals surface area contributed by atoms with Gasteiger partial charge in [0.15, 0.2) is 5.78 Å². The Labute approximate surface area is 190 Å².